The number of piperidine rings is 1. The van der Waals surface area contributed by atoms with Gasteiger partial charge >= 0.3 is 6.01 Å². The number of halogens is 1. The Kier molecular flexibility index (Phi) is 5.90. The van der Waals surface area contributed by atoms with Crippen LogP contribution < -0.4 is 14.5 Å². The number of ether oxygens (including phenoxy) is 1. The van der Waals surface area contributed by atoms with Gasteiger partial charge in [-0.1, -0.05) is 22.8 Å². The van der Waals surface area contributed by atoms with E-state index in [0.717, 1.165) is 36.4 Å². The largest absolute Gasteiger partial charge is 0.497 e. The summed E-state index contributed by atoms with van der Waals surface area (Å²) < 4.78 is 10.7. The van der Waals surface area contributed by atoms with Gasteiger partial charge in [-0.05, 0) is 55.3 Å². The fourth-order valence-electron chi connectivity index (χ4n) is 3.64. The molecule has 0 spiro atoms. The van der Waals surface area contributed by atoms with E-state index in [0.29, 0.717) is 23.4 Å². The van der Waals surface area contributed by atoms with E-state index in [1.165, 1.54) is 0 Å². The number of aromatic nitrogens is 2. The van der Waals surface area contributed by atoms with Crippen LogP contribution in [0.1, 0.15) is 12.8 Å². The van der Waals surface area contributed by atoms with Gasteiger partial charge in [-0.15, -0.1) is 0 Å². The summed E-state index contributed by atoms with van der Waals surface area (Å²) in [6, 6.07) is 15.2. The monoisotopic (exact) mass is 426 g/mol. The number of methoxy groups -OCH3 is 1. The average molecular weight is 427 g/mol. The van der Waals surface area contributed by atoms with Gasteiger partial charge in [0, 0.05) is 36.4 Å². The first-order chi connectivity index (χ1) is 14.5. The van der Waals surface area contributed by atoms with E-state index in [1.807, 2.05) is 41.3 Å². The number of amides is 1. The van der Waals surface area contributed by atoms with Gasteiger partial charge < -0.3 is 19.1 Å². The summed E-state index contributed by atoms with van der Waals surface area (Å²) in [4.78, 5) is 21.2. The molecule has 4 rings (SSSR count). The molecule has 1 aromatic heterocycles. The molecule has 1 atom stereocenters. The van der Waals surface area contributed by atoms with Crippen LogP contribution in [0.3, 0.4) is 0 Å². The molecule has 0 N–H and O–H groups in total. The van der Waals surface area contributed by atoms with E-state index in [9.17, 15) is 4.79 Å². The number of hydrogen-bond donors (Lipinski definition) is 0. The highest BCUT2D eigenvalue weighted by Gasteiger charge is 2.31. The van der Waals surface area contributed by atoms with E-state index in [2.05, 4.69) is 10.1 Å². The molecule has 8 heteroatoms. The van der Waals surface area contributed by atoms with E-state index in [-0.39, 0.29) is 11.8 Å². The molecule has 7 nitrogen and oxygen atoms in total. The Morgan fingerprint density at radius 1 is 1.27 bits per heavy atom. The zero-order valence-electron chi connectivity index (χ0n) is 16.9. The number of benzene rings is 2. The minimum atomic E-state index is -0.154. The Labute approximate surface area is 180 Å². The summed E-state index contributed by atoms with van der Waals surface area (Å²) >= 11 is 6.07. The minimum absolute atomic E-state index is 0.0526. The van der Waals surface area contributed by atoms with Crippen LogP contribution in [-0.2, 0) is 4.79 Å². The lowest BCUT2D eigenvalue weighted by atomic mass is 9.96. The molecule has 0 saturated carbocycles. The van der Waals surface area contributed by atoms with Crippen molar-refractivity contribution < 1.29 is 14.1 Å². The SMILES string of the molecule is COc1ccc(-c2noc(N3CCC[C@@H](C(=O)N(C)c4cccc(Cl)c4)C3)n2)cc1. The van der Waals surface area contributed by atoms with Crippen molar-refractivity contribution in [2.24, 2.45) is 5.92 Å². The van der Waals surface area contributed by atoms with Crippen molar-refractivity contribution in [1.29, 1.82) is 0 Å². The number of carbonyl (C=O) groups is 1. The van der Waals surface area contributed by atoms with Crippen molar-refractivity contribution in [3.63, 3.8) is 0 Å². The highest BCUT2D eigenvalue weighted by atomic mass is 35.5. The van der Waals surface area contributed by atoms with Gasteiger partial charge in [0.1, 0.15) is 5.75 Å². The summed E-state index contributed by atoms with van der Waals surface area (Å²) in [6.07, 6.45) is 1.69. The number of carbonyl (C=O) groups excluding carboxylic acids is 1. The molecule has 0 bridgehead atoms. The molecule has 1 aliphatic rings. The van der Waals surface area contributed by atoms with Crippen LogP contribution in [0.15, 0.2) is 53.1 Å². The van der Waals surface area contributed by atoms with Crippen LogP contribution in [0.2, 0.25) is 5.02 Å². The molecule has 1 fully saturated rings. The standard InChI is InChI=1S/C22H23ClN4O3/c1-26(18-7-3-6-17(23)13-18)21(28)16-5-4-12-27(14-16)22-24-20(25-30-22)15-8-10-19(29-2)11-9-15/h3,6-11,13,16H,4-5,12,14H2,1-2H3/t16-/m1/s1. The molecular weight excluding hydrogens is 404 g/mol. The third-order valence-corrected chi connectivity index (χ3v) is 5.57. The van der Waals surface area contributed by atoms with E-state index in [1.54, 1.807) is 31.2 Å². The van der Waals surface area contributed by atoms with Gasteiger partial charge in [0.2, 0.25) is 11.7 Å². The Morgan fingerprint density at radius 3 is 2.80 bits per heavy atom. The first-order valence-electron chi connectivity index (χ1n) is 9.81. The number of hydrogen-bond acceptors (Lipinski definition) is 6. The third kappa shape index (κ3) is 4.26. The maximum atomic E-state index is 13.1. The maximum Gasteiger partial charge on any atom is 0.324 e. The quantitative estimate of drug-likeness (QED) is 0.606. The van der Waals surface area contributed by atoms with Crippen LogP contribution >= 0.6 is 11.6 Å². The van der Waals surface area contributed by atoms with Crippen molar-refractivity contribution in [2.45, 2.75) is 12.8 Å². The van der Waals surface area contributed by atoms with Crippen LogP contribution in [0.25, 0.3) is 11.4 Å². The molecule has 0 radical (unpaired) electrons. The summed E-state index contributed by atoms with van der Waals surface area (Å²) in [6.45, 7) is 1.31. The first-order valence-corrected chi connectivity index (χ1v) is 10.2. The molecular formula is C22H23ClN4O3. The predicted octanol–water partition coefficient (Wildman–Crippen LogP) is 4.28. The van der Waals surface area contributed by atoms with Gasteiger partial charge in [0.25, 0.3) is 0 Å². The number of rotatable bonds is 5. The fourth-order valence-corrected chi connectivity index (χ4v) is 3.82. The highest BCUT2D eigenvalue weighted by Crippen LogP contribution is 2.28. The maximum absolute atomic E-state index is 13.1. The molecule has 30 heavy (non-hydrogen) atoms. The van der Waals surface area contributed by atoms with E-state index in [4.69, 9.17) is 20.9 Å². The summed E-state index contributed by atoms with van der Waals surface area (Å²) in [5.41, 5.74) is 1.63. The van der Waals surface area contributed by atoms with Gasteiger partial charge in [-0.25, -0.2) is 0 Å². The zero-order chi connectivity index (χ0) is 21.1. The second-order valence-corrected chi connectivity index (χ2v) is 7.73. The van der Waals surface area contributed by atoms with Gasteiger partial charge in [-0.3, -0.25) is 4.79 Å². The molecule has 1 aliphatic heterocycles. The third-order valence-electron chi connectivity index (χ3n) is 5.33. The molecule has 0 unspecified atom stereocenters. The van der Waals surface area contributed by atoms with E-state index >= 15 is 0 Å². The Hall–Kier alpha value is -3.06. The topological polar surface area (TPSA) is 71.7 Å². The molecule has 2 heterocycles. The molecule has 2 aromatic carbocycles. The van der Waals surface area contributed by atoms with Crippen molar-refractivity contribution >= 4 is 29.2 Å². The van der Waals surface area contributed by atoms with Crippen LogP contribution in [0.5, 0.6) is 5.75 Å². The summed E-state index contributed by atoms with van der Waals surface area (Å²) in [5, 5.41) is 4.71. The van der Waals surface area contributed by atoms with Crippen molar-refractivity contribution in [1.82, 2.24) is 10.1 Å². The minimum Gasteiger partial charge on any atom is -0.497 e. The smallest absolute Gasteiger partial charge is 0.324 e. The lowest BCUT2D eigenvalue weighted by molar-refractivity contribution is -0.122. The fraction of sp³-hybridized carbons (Fsp3) is 0.318. The lowest BCUT2D eigenvalue weighted by Gasteiger charge is -2.32. The number of anilines is 2. The Morgan fingerprint density at radius 2 is 2.07 bits per heavy atom. The molecule has 3 aromatic rings. The second-order valence-electron chi connectivity index (χ2n) is 7.29. The molecule has 1 amide bonds. The first kappa shape index (κ1) is 20.2. The van der Waals surface area contributed by atoms with Crippen molar-refractivity contribution in [3.8, 4) is 17.1 Å². The van der Waals surface area contributed by atoms with Crippen molar-refractivity contribution in [3.05, 3.63) is 53.6 Å². The Balaban J connectivity index is 1.46. The zero-order valence-corrected chi connectivity index (χ0v) is 17.7. The predicted molar refractivity (Wildman–Crippen MR) is 116 cm³/mol. The van der Waals surface area contributed by atoms with Crippen molar-refractivity contribution in [2.75, 3.05) is 37.0 Å². The van der Waals surface area contributed by atoms with Crippen LogP contribution in [-0.4, -0.2) is 43.3 Å². The molecule has 156 valence electrons. The van der Waals surface area contributed by atoms with Gasteiger partial charge in [0.05, 0.1) is 13.0 Å². The lowest BCUT2D eigenvalue weighted by Crippen LogP contribution is -2.44. The van der Waals surface area contributed by atoms with E-state index < -0.39 is 0 Å². The van der Waals surface area contributed by atoms with Gasteiger partial charge in [0.15, 0.2) is 0 Å². The van der Waals surface area contributed by atoms with Crippen LogP contribution in [0, 0.1) is 5.92 Å². The second kappa shape index (κ2) is 8.75. The van der Waals surface area contributed by atoms with Crippen LogP contribution in [0.4, 0.5) is 11.7 Å². The molecule has 0 aliphatic carbocycles. The normalized spacial score (nSPS) is 16.4. The van der Waals surface area contributed by atoms with Gasteiger partial charge in [-0.2, -0.15) is 4.98 Å². The summed E-state index contributed by atoms with van der Waals surface area (Å²) in [5.74, 6) is 1.18. The number of nitrogens with zero attached hydrogens (tertiary/aromatic N) is 4. The highest BCUT2D eigenvalue weighted by molar-refractivity contribution is 6.30. The summed E-state index contributed by atoms with van der Waals surface area (Å²) in [7, 11) is 3.40. The average Bonchev–Trinajstić information content (AvgIpc) is 3.28. The molecule has 1 saturated heterocycles. The Bertz CT molecular complexity index is 1020.